The Hall–Kier alpha value is -1.46. The van der Waals surface area contributed by atoms with E-state index in [1.165, 1.54) is 6.42 Å². The fraction of sp³-hybridized carbons (Fsp3) is 0.462. The van der Waals surface area contributed by atoms with E-state index in [9.17, 15) is 0 Å². The average Bonchev–Trinajstić information content (AvgIpc) is 2.89. The minimum Gasteiger partial charge on any atom is -0.337 e. The van der Waals surface area contributed by atoms with Gasteiger partial charge in [0.15, 0.2) is 0 Å². The molecule has 1 fully saturated rings. The van der Waals surface area contributed by atoms with Crippen molar-refractivity contribution in [1.29, 1.82) is 0 Å². The maximum absolute atomic E-state index is 6.08. The molecule has 3 rings (SSSR count). The van der Waals surface area contributed by atoms with Gasteiger partial charge in [-0.3, -0.25) is 4.98 Å². The highest BCUT2D eigenvalue weighted by Gasteiger charge is 2.25. The van der Waals surface area contributed by atoms with Crippen LogP contribution in [0.2, 0.25) is 5.02 Å². The predicted molar refractivity (Wildman–Crippen MR) is 71.7 cm³/mol. The van der Waals surface area contributed by atoms with Crippen molar-refractivity contribution in [2.75, 3.05) is 6.54 Å². The molecule has 1 saturated heterocycles. The Morgan fingerprint density at radius 3 is 3.16 bits per heavy atom. The Morgan fingerprint density at radius 1 is 1.47 bits per heavy atom. The first kappa shape index (κ1) is 12.6. The summed E-state index contributed by atoms with van der Waals surface area (Å²) >= 11 is 6.08. The van der Waals surface area contributed by atoms with Crippen LogP contribution in [0.4, 0.5) is 0 Å². The zero-order chi connectivity index (χ0) is 13.2. The third-order valence-electron chi connectivity index (χ3n) is 3.38. The summed E-state index contributed by atoms with van der Waals surface area (Å²) in [5.74, 6) is 1.73. The highest BCUT2D eigenvalue weighted by Crippen LogP contribution is 2.28. The molecule has 2 aromatic rings. The van der Waals surface area contributed by atoms with Crippen LogP contribution in [0.5, 0.6) is 0 Å². The minimum absolute atomic E-state index is 0.132. The maximum atomic E-state index is 6.08. The van der Waals surface area contributed by atoms with Crippen molar-refractivity contribution >= 4 is 11.6 Å². The molecule has 1 aliphatic heterocycles. The maximum Gasteiger partial charge on any atom is 0.244 e. The number of halogens is 1. The highest BCUT2D eigenvalue weighted by molar-refractivity contribution is 6.32. The Labute approximate surface area is 116 Å². The van der Waals surface area contributed by atoms with Gasteiger partial charge >= 0.3 is 0 Å². The van der Waals surface area contributed by atoms with Crippen molar-refractivity contribution in [3.63, 3.8) is 0 Å². The summed E-state index contributed by atoms with van der Waals surface area (Å²) in [6.45, 7) is 3.22. The number of nitrogens with one attached hydrogen (secondary N) is 1. The van der Waals surface area contributed by atoms with E-state index in [1.807, 2.05) is 0 Å². The van der Waals surface area contributed by atoms with E-state index in [-0.39, 0.29) is 6.04 Å². The lowest BCUT2D eigenvalue weighted by Gasteiger charge is -2.25. The van der Waals surface area contributed by atoms with Crippen LogP contribution in [-0.4, -0.2) is 21.7 Å². The lowest BCUT2D eigenvalue weighted by atomic mass is 9.94. The van der Waals surface area contributed by atoms with E-state index in [2.05, 4.69) is 27.4 Å². The standard InChI is InChI=1S/C13H15ClN4O/c1-8-4-6-15-10(7-8)13-17-12(18-19-13)11-9(14)3-2-5-16-11/h2-3,5,8,10,15H,4,6-7H2,1H3. The van der Waals surface area contributed by atoms with Gasteiger partial charge in [0, 0.05) is 6.20 Å². The van der Waals surface area contributed by atoms with Crippen molar-refractivity contribution in [1.82, 2.24) is 20.4 Å². The van der Waals surface area contributed by atoms with Crippen molar-refractivity contribution in [2.24, 2.45) is 5.92 Å². The molecule has 1 N–H and O–H groups in total. The van der Waals surface area contributed by atoms with Gasteiger partial charge in [0.25, 0.3) is 0 Å². The van der Waals surface area contributed by atoms with Gasteiger partial charge in [0.1, 0.15) is 5.69 Å². The lowest BCUT2D eigenvalue weighted by molar-refractivity contribution is 0.260. The fourth-order valence-corrected chi connectivity index (χ4v) is 2.52. The summed E-state index contributed by atoms with van der Waals surface area (Å²) in [4.78, 5) is 8.60. The molecule has 5 nitrogen and oxygen atoms in total. The summed E-state index contributed by atoms with van der Waals surface area (Å²) in [5.41, 5.74) is 0.558. The number of rotatable bonds is 2. The molecule has 0 saturated carbocycles. The van der Waals surface area contributed by atoms with Crippen molar-refractivity contribution in [3.05, 3.63) is 29.2 Å². The van der Waals surface area contributed by atoms with E-state index >= 15 is 0 Å². The second-order valence-corrected chi connectivity index (χ2v) is 5.33. The molecule has 0 spiro atoms. The summed E-state index contributed by atoms with van der Waals surface area (Å²) in [6, 6.07) is 3.67. The fourth-order valence-electron chi connectivity index (χ4n) is 2.32. The van der Waals surface area contributed by atoms with Crippen LogP contribution in [0.3, 0.4) is 0 Å². The van der Waals surface area contributed by atoms with Crippen LogP contribution in [0.25, 0.3) is 11.5 Å². The smallest absolute Gasteiger partial charge is 0.244 e. The molecule has 2 atom stereocenters. The van der Waals surface area contributed by atoms with Crippen LogP contribution in [0.15, 0.2) is 22.9 Å². The normalized spacial score (nSPS) is 23.5. The molecule has 0 aromatic carbocycles. The van der Waals surface area contributed by atoms with E-state index in [1.54, 1.807) is 18.3 Å². The summed E-state index contributed by atoms with van der Waals surface area (Å²) in [7, 11) is 0. The van der Waals surface area contributed by atoms with Gasteiger partial charge in [0.05, 0.1) is 11.1 Å². The average molecular weight is 279 g/mol. The van der Waals surface area contributed by atoms with Gasteiger partial charge in [0.2, 0.25) is 11.7 Å². The lowest BCUT2D eigenvalue weighted by Crippen LogP contribution is -2.30. The Bertz CT molecular complexity index is 571. The molecule has 1 aliphatic rings. The molecule has 2 unspecified atom stereocenters. The largest absolute Gasteiger partial charge is 0.337 e. The summed E-state index contributed by atoms with van der Waals surface area (Å²) in [6.07, 6.45) is 3.86. The minimum atomic E-state index is 0.132. The first-order valence-electron chi connectivity index (χ1n) is 6.42. The number of hydrogen-bond acceptors (Lipinski definition) is 5. The van der Waals surface area contributed by atoms with Crippen LogP contribution >= 0.6 is 11.6 Å². The number of nitrogens with zero attached hydrogens (tertiary/aromatic N) is 3. The van der Waals surface area contributed by atoms with E-state index < -0.39 is 0 Å². The first-order chi connectivity index (χ1) is 9.24. The molecule has 19 heavy (non-hydrogen) atoms. The zero-order valence-electron chi connectivity index (χ0n) is 10.6. The van der Waals surface area contributed by atoms with Crippen molar-refractivity contribution in [3.8, 4) is 11.5 Å². The molecule has 0 radical (unpaired) electrons. The van der Waals surface area contributed by atoms with Crippen LogP contribution in [0, 0.1) is 5.92 Å². The second-order valence-electron chi connectivity index (χ2n) is 4.93. The summed E-state index contributed by atoms with van der Waals surface area (Å²) < 4.78 is 5.34. The van der Waals surface area contributed by atoms with Gasteiger partial charge in [-0.15, -0.1) is 0 Å². The third kappa shape index (κ3) is 2.62. The van der Waals surface area contributed by atoms with Crippen LogP contribution in [0.1, 0.15) is 31.7 Å². The topological polar surface area (TPSA) is 63.8 Å². The van der Waals surface area contributed by atoms with Crippen LogP contribution in [-0.2, 0) is 0 Å². The molecule has 0 amide bonds. The van der Waals surface area contributed by atoms with Gasteiger partial charge in [-0.25, -0.2) is 0 Å². The molecular weight excluding hydrogens is 264 g/mol. The molecule has 2 aromatic heterocycles. The zero-order valence-corrected chi connectivity index (χ0v) is 11.4. The quantitative estimate of drug-likeness (QED) is 0.915. The first-order valence-corrected chi connectivity index (χ1v) is 6.79. The van der Waals surface area contributed by atoms with Crippen molar-refractivity contribution in [2.45, 2.75) is 25.8 Å². The number of hydrogen-bond donors (Lipinski definition) is 1. The number of piperidine rings is 1. The Kier molecular flexibility index (Phi) is 3.48. The third-order valence-corrected chi connectivity index (χ3v) is 3.68. The molecular formula is C13H15ClN4O. The molecule has 3 heterocycles. The molecule has 0 bridgehead atoms. The van der Waals surface area contributed by atoms with Crippen molar-refractivity contribution < 1.29 is 4.52 Å². The molecule has 6 heteroatoms. The summed E-state index contributed by atoms with van der Waals surface area (Å²) in [5, 5.41) is 7.90. The number of pyridine rings is 1. The monoisotopic (exact) mass is 278 g/mol. The van der Waals surface area contributed by atoms with E-state index in [4.69, 9.17) is 16.1 Å². The number of aromatic nitrogens is 3. The second kappa shape index (κ2) is 5.27. The van der Waals surface area contributed by atoms with E-state index in [0.717, 1.165) is 13.0 Å². The molecule has 100 valence electrons. The highest BCUT2D eigenvalue weighted by atomic mass is 35.5. The Morgan fingerprint density at radius 2 is 2.37 bits per heavy atom. The van der Waals surface area contributed by atoms with Gasteiger partial charge in [-0.1, -0.05) is 23.7 Å². The van der Waals surface area contributed by atoms with Gasteiger partial charge < -0.3 is 9.84 Å². The van der Waals surface area contributed by atoms with E-state index in [0.29, 0.717) is 28.3 Å². The van der Waals surface area contributed by atoms with Gasteiger partial charge in [-0.2, -0.15) is 4.98 Å². The SMILES string of the molecule is CC1CCNC(c2nc(-c3ncccc3Cl)no2)C1. The predicted octanol–water partition coefficient (Wildman–Crippen LogP) is 2.85. The van der Waals surface area contributed by atoms with Crippen LogP contribution < -0.4 is 5.32 Å². The molecule has 0 aliphatic carbocycles. The van der Waals surface area contributed by atoms with Gasteiger partial charge in [-0.05, 0) is 37.4 Å². The Balaban J connectivity index is 1.85.